The quantitative estimate of drug-likeness (QED) is 0.624. The second kappa shape index (κ2) is 7.91. The average Bonchev–Trinajstić information content (AvgIpc) is 2.49. The number of carbonyl (C=O) groups excluding carboxylic acids is 1. The fourth-order valence-electron chi connectivity index (χ4n) is 1.54. The van der Waals surface area contributed by atoms with E-state index in [9.17, 15) is 9.59 Å². The van der Waals surface area contributed by atoms with Gasteiger partial charge in [0.15, 0.2) is 6.04 Å². The number of ether oxygens (including phenoxy) is 2. The number of aliphatic hydroxyl groups is 1. The van der Waals surface area contributed by atoms with Crippen molar-refractivity contribution in [2.45, 2.75) is 6.04 Å². The maximum absolute atomic E-state index is 11.6. The molecule has 114 valence electrons. The molecular weight excluding hydrogens is 278 g/mol. The molecule has 0 spiro atoms. The molecule has 3 N–H and O–H groups in total. The molecule has 0 bridgehead atoms. The number of hydrogen-bond acceptors (Lipinski definition) is 5. The number of rotatable bonds is 7. The Kier molecular flexibility index (Phi) is 6.22. The minimum atomic E-state index is -1.34. The largest absolute Gasteiger partial charge is 0.497 e. The third-order valence-electron chi connectivity index (χ3n) is 2.65. The van der Waals surface area contributed by atoms with Gasteiger partial charge in [0, 0.05) is 11.6 Å². The van der Waals surface area contributed by atoms with Gasteiger partial charge in [0.05, 0.1) is 20.8 Å². The molecule has 0 heterocycles. The van der Waals surface area contributed by atoms with Crippen molar-refractivity contribution in [1.82, 2.24) is 5.32 Å². The van der Waals surface area contributed by atoms with Gasteiger partial charge < -0.3 is 25.0 Å². The Morgan fingerprint density at radius 3 is 2.57 bits per heavy atom. The van der Waals surface area contributed by atoms with Gasteiger partial charge in [-0.05, 0) is 24.3 Å². The highest BCUT2D eigenvalue weighted by Crippen LogP contribution is 2.24. The molecule has 1 aromatic rings. The minimum Gasteiger partial charge on any atom is -0.497 e. The first kappa shape index (κ1) is 16.5. The fraction of sp³-hybridized carbons (Fsp3) is 0.286. The van der Waals surface area contributed by atoms with E-state index >= 15 is 0 Å². The van der Waals surface area contributed by atoms with Crippen LogP contribution in [0.2, 0.25) is 0 Å². The van der Waals surface area contributed by atoms with Gasteiger partial charge in [-0.15, -0.1) is 0 Å². The highest BCUT2D eigenvalue weighted by molar-refractivity contribution is 5.94. The van der Waals surface area contributed by atoms with Gasteiger partial charge >= 0.3 is 5.97 Å². The van der Waals surface area contributed by atoms with E-state index in [4.69, 9.17) is 19.7 Å². The van der Waals surface area contributed by atoms with E-state index in [-0.39, 0.29) is 0 Å². The topological polar surface area (TPSA) is 105 Å². The van der Waals surface area contributed by atoms with Crippen LogP contribution < -0.4 is 14.8 Å². The summed E-state index contributed by atoms with van der Waals surface area (Å²) in [6.07, 6.45) is 2.62. The van der Waals surface area contributed by atoms with E-state index in [2.05, 4.69) is 5.32 Å². The van der Waals surface area contributed by atoms with Crippen LogP contribution in [-0.2, 0) is 9.59 Å². The number of aliphatic hydroxyl groups excluding tert-OH is 1. The molecule has 1 atom stereocenters. The van der Waals surface area contributed by atoms with Crippen LogP contribution >= 0.6 is 0 Å². The normalized spacial score (nSPS) is 12.0. The lowest BCUT2D eigenvalue weighted by Gasteiger charge is -2.10. The van der Waals surface area contributed by atoms with Gasteiger partial charge in [0.25, 0.3) is 0 Å². The van der Waals surface area contributed by atoms with Crippen molar-refractivity contribution in [3.63, 3.8) is 0 Å². The molecular formula is C14H17NO6. The van der Waals surface area contributed by atoms with E-state index in [0.717, 1.165) is 6.08 Å². The highest BCUT2D eigenvalue weighted by atomic mass is 16.5. The van der Waals surface area contributed by atoms with Crippen molar-refractivity contribution in [2.24, 2.45) is 0 Å². The van der Waals surface area contributed by atoms with Crippen LogP contribution in [0.15, 0.2) is 24.3 Å². The number of carboxylic acids is 1. The van der Waals surface area contributed by atoms with E-state index < -0.39 is 24.5 Å². The molecule has 21 heavy (non-hydrogen) atoms. The number of hydrogen-bond donors (Lipinski definition) is 3. The van der Waals surface area contributed by atoms with E-state index in [1.54, 1.807) is 18.2 Å². The van der Waals surface area contributed by atoms with Crippen LogP contribution in [0.25, 0.3) is 6.08 Å². The first-order valence-electron chi connectivity index (χ1n) is 6.06. The zero-order chi connectivity index (χ0) is 15.8. The summed E-state index contributed by atoms with van der Waals surface area (Å²) >= 11 is 0. The van der Waals surface area contributed by atoms with E-state index in [0.29, 0.717) is 17.1 Å². The SMILES string of the molecule is COc1ccc(OC)c(/C=C/C(=O)NC(CO)C(=O)O)c1. The van der Waals surface area contributed by atoms with Crippen molar-refractivity contribution >= 4 is 18.0 Å². The van der Waals surface area contributed by atoms with E-state index in [1.807, 2.05) is 0 Å². The first-order chi connectivity index (χ1) is 10.0. The van der Waals surface area contributed by atoms with Crippen LogP contribution in [0.1, 0.15) is 5.56 Å². The van der Waals surface area contributed by atoms with Crippen LogP contribution in [0.3, 0.4) is 0 Å². The molecule has 0 fully saturated rings. The highest BCUT2D eigenvalue weighted by Gasteiger charge is 2.17. The summed E-state index contributed by atoms with van der Waals surface area (Å²) in [5.41, 5.74) is 0.600. The summed E-state index contributed by atoms with van der Waals surface area (Å²) in [5, 5.41) is 19.7. The summed E-state index contributed by atoms with van der Waals surface area (Å²) < 4.78 is 10.2. The van der Waals surface area contributed by atoms with Gasteiger partial charge in [0.2, 0.25) is 5.91 Å². The van der Waals surface area contributed by atoms with Crippen molar-refractivity contribution in [2.75, 3.05) is 20.8 Å². The number of carbonyl (C=O) groups is 2. The van der Waals surface area contributed by atoms with Crippen molar-refractivity contribution in [3.8, 4) is 11.5 Å². The second-order valence-corrected chi connectivity index (χ2v) is 4.02. The number of nitrogens with one attached hydrogen (secondary N) is 1. The van der Waals surface area contributed by atoms with Crippen LogP contribution in [0.4, 0.5) is 0 Å². The Hall–Kier alpha value is -2.54. The molecule has 0 saturated heterocycles. The number of benzene rings is 1. The maximum atomic E-state index is 11.6. The Balaban J connectivity index is 2.84. The van der Waals surface area contributed by atoms with Gasteiger partial charge in [-0.25, -0.2) is 4.79 Å². The van der Waals surface area contributed by atoms with E-state index in [1.165, 1.54) is 20.3 Å². The zero-order valence-electron chi connectivity index (χ0n) is 11.7. The molecule has 1 unspecified atom stereocenters. The summed E-state index contributed by atoms with van der Waals surface area (Å²) in [6.45, 7) is -0.683. The monoisotopic (exact) mass is 295 g/mol. The molecule has 7 heteroatoms. The molecule has 1 aromatic carbocycles. The average molecular weight is 295 g/mol. The van der Waals surface area contributed by atoms with Crippen LogP contribution in [0, 0.1) is 0 Å². The summed E-state index contributed by atoms with van der Waals surface area (Å²) in [5.74, 6) is -0.814. The molecule has 0 radical (unpaired) electrons. The lowest BCUT2D eigenvalue weighted by atomic mass is 10.1. The summed E-state index contributed by atoms with van der Waals surface area (Å²) in [7, 11) is 3.01. The van der Waals surface area contributed by atoms with Crippen LogP contribution in [0.5, 0.6) is 11.5 Å². The Morgan fingerprint density at radius 1 is 1.33 bits per heavy atom. The van der Waals surface area contributed by atoms with Gasteiger partial charge in [-0.1, -0.05) is 0 Å². The standard InChI is InChI=1S/C14H17NO6/c1-20-10-4-5-12(21-2)9(7-10)3-6-13(17)15-11(8-16)14(18)19/h3-7,11,16H,8H2,1-2H3,(H,15,17)(H,18,19)/b6-3+. The lowest BCUT2D eigenvalue weighted by Crippen LogP contribution is -2.42. The maximum Gasteiger partial charge on any atom is 0.328 e. The molecule has 0 saturated carbocycles. The lowest BCUT2D eigenvalue weighted by molar-refractivity contribution is -0.142. The summed E-state index contributed by atoms with van der Waals surface area (Å²) in [6, 6.07) is 3.73. The first-order valence-corrected chi connectivity index (χ1v) is 6.06. The Bertz CT molecular complexity index is 540. The molecule has 1 rings (SSSR count). The molecule has 0 aliphatic rings. The predicted octanol–water partition coefficient (Wildman–Crippen LogP) is 0.279. The second-order valence-electron chi connectivity index (χ2n) is 4.02. The fourth-order valence-corrected chi connectivity index (χ4v) is 1.54. The molecule has 7 nitrogen and oxygen atoms in total. The minimum absolute atomic E-state index is 0.539. The van der Waals surface area contributed by atoms with Gasteiger partial charge in [0.1, 0.15) is 11.5 Å². The van der Waals surface area contributed by atoms with Crippen molar-refractivity contribution in [1.29, 1.82) is 0 Å². The molecule has 0 aliphatic carbocycles. The zero-order valence-corrected chi connectivity index (χ0v) is 11.7. The number of carboxylic acid groups (broad SMARTS) is 1. The molecule has 1 amide bonds. The van der Waals surface area contributed by atoms with Gasteiger partial charge in [-0.3, -0.25) is 4.79 Å². The smallest absolute Gasteiger partial charge is 0.328 e. The molecule has 0 aromatic heterocycles. The van der Waals surface area contributed by atoms with Crippen molar-refractivity contribution in [3.05, 3.63) is 29.8 Å². The third kappa shape index (κ3) is 4.81. The Labute approximate surface area is 121 Å². The van der Waals surface area contributed by atoms with Crippen LogP contribution in [-0.4, -0.2) is 49.0 Å². The number of aliphatic carboxylic acids is 1. The third-order valence-corrected chi connectivity index (χ3v) is 2.65. The number of methoxy groups -OCH3 is 2. The molecule has 0 aliphatic heterocycles. The number of amides is 1. The predicted molar refractivity (Wildman–Crippen MR) is 75.2 cm³/mol. The summed E-state index contributed by atoms with van der Waals surface area (Å²) in [4.78, 5) is 22.3. The Morgan fingerprint density at radius 2 is 2.05 bits per heavy atom. The van der Waals surface area contributed by atoms with Crippen molar-refractivity contribution < 1.29 is 29.3 Å². The van der Waals surface area contributed by atoms with Gasteiger partial charge in [-0.2, -0.15) is 0 Å².